The predicted octanol–water partition coefficient (Wildman–Crippen LogP) is 3.31. The summed E-state index contributed by atoms with van der Waals surface area (Å²) in [5, 5.41) is 6.63. The number of dihydropyridines is 1. The Morgan fingerprint density at radius 1 is 1.21 bits per heavy atom. The van der Waals surface area contributed by atoms with Crippen LogP contribution < -0.4 is 10.6 Å². The first-order valence-corrected chi connectivity index (χ1v) is 9.62. The van der Waals surface area contributed by atoms with Gasteiger partial charge in [-0.3, -0.25) is 0 Å². The minimum atomic E-state index is -0.850. The average molecular weight is 422 g/mol. The largest absolute Gasteiger partial charge is 0.513 e. The molecule has 2 aliphatic rings. The van der Waals surface area contributed by atoms with E-state index in [9.17, 15) is 9.59 Å². The first-order chi connectivity index (χ1) is 13.9. The quantitative estimate of drug-likeness (QED) is 0.728. The van der Waals surface area contributed by atoms with Crippen LogP contribution in [0.15, 0.2) is 47.1 Å². The van der Waals surface area contributed by atoms with Crippen molar-refractivity contribution >= 4 is 23.8 Å². The van der Waals surface area contributed by atoms with Gasteiger partial charge in [-0.15, -0.1) is 0 Å². The Morgan fingerprint density at radius 2 is 1.90 bits per heavy atom. The topological polar surface area (TPSA) is 89.1 Å². The van der Waals surface area contributed by atoms with Gasteiger partial charge in [-0.1, -0.05) is 29.8 Å². The second kappa shape index (κ2) is 9.19. The van der Waals surface area contributed by atoms with Crippen molar-refractivity contribution in [1.29, 1.82) is 0 Å². The van der Waals surface area contributed by atoms with Gasteiger partial charge in [0.1, 0.15) is 5.76 Å². The Balaban J connectivity index is 1.99. The van der Waals surface area contributed by atoms with Crippen LogP contribution in [0.2, 0.25) is 5.02 Å². The molecule has 2 amide bonds. The lowest BCUT2D eigenvalue weighted by Gasteiger charge is -2.34. The maximum absolute atomic E-state index is 12.9. The number of ether oxygens (including phenoxy) is 3. The molecule has 0 aliphatic carbocycles. The summed E-state index contributed by atoms with van der Waals surface area (Å²) in [5.41, 5.74) is 2.61. The van der Waals surface area contributed by atoms with E-state index in [4.69, 9.17) is 21.1 Å². The van der Waals surface area contributed by atoms with Gasteiger partial charge in [-0.05, 0) is 25.5 Å². The Hall–Kier alpha value is -2.71. The number of amides is 2. The third-order valence-electron chi connectivity index (χ3n) is 4.82. The lowest BCUT2D eigenvalue weighted by molar-refractivity contribution is 0.0536. The molecule has 2 N–H and O–H groups in total. The second-order valence-electron chi connectivity index (χ2n) is 6.69. The first kappa shape index (κ1) is 21.0. The van der Waals surface area contributed by atoms with Crippen molar-refractivity contribution < 1.29 is 23.8 Å². The number of urea groups is 1. The highest BCUT2D eigenvalue weighted by atomic mass is 35.5. The molecule has 0 radical (unpaired) electrons. The fraction of sp³-hybridized carbons (Fsp3) is 0.400. The second-order valence-corrected chi connectivity index (χ2v) is 7.10. The summed E-state index contributed by atoms with van der Waals surface area (Å²) < 4.78 is 15.4. The molecule has 1 atom stereocenters. The average Bonchev–Trinajstić information content (AvgIpc) is 2.72. The summed E-state index contributed by atoms with van der Waals surface area (Å²) in [7, 11) is 1.24. The monoisotopic (exact) mass is 421 g/mol. The van der Waals surface area contributed by atoms with Crippen molar-refractivity contribution in [2.24, 2.45) is 0 Å². The van der Waals surface area contributed by atoms with Crippen molar-refractivity contribution in [3.05, 3.63) is 57.7 Å². The number of nitrogens with one attached hydrogen (secondary N) is 2. The molecule has 0 spiro atoms. The molecule has 0 saturated carbocycles. The van der Waals surface area contributed by atoms with Crippen LogP contribution in [0.1, 0.15) is 25.3 Å². The van der Waals surface area contributed by atoms with Gasteiger partial charge in [-0.2, -0.15) is 0 Å². The molecule has 29 heavy (non-hydrogen) atoms. The number of methoxy groups -OCH3 is 1. The smallest absolute Gasteiger partial charge is 0.437 e. The van der Waals surface area contributed by atoms with E-state index in [1.165, 1.54) is 7.11 Å². The maximum atomic E-state index is 12.9. The van der Waals surface area contributed by atoms with Gasteiger partial charge in [0, 0.05) is 23.8 Å². The molecule has 2 aliphatic heterocycles. The summed E-state index contributed by atoms with van der Waals surface area (Å²) >= 11 is 6.46. The van der Waals surface area contributed by atoms with Crippen LogP contribution in [0.3, 0.4) is 0 Å². The summed E-state index contributed by atoms with van der Waals surface area (Å²) in [4.78, 5) is 26.4. The lowest BCUT2D eigenvalue weighted by Crippen LogP contribution is -2.47. The molecule has 9 heteroatoms. The minimum Gasteiger partial charge on any atom is -0.437 e. The number of benzene rings is 1. The number of carbonyl (C=O) groups excluding carboxylic acids is 2. The van der Waals surface area contributed by atoms with Gasteiger partial charge >= 0.3 is 12.2 Å². The molecule has 1 unspecified atom stereocenters. The van der Waals surface area contributed by atoms with Crippen LogP contribution in [0.5, 0.6) is 0 Å². The van der Waals surface area contributed by atoms with E-state index in [0.29, 0.717) is 54.0 Å². The highest BCUT2D eigenvalue weighted by Gasteiger charge is 2.35. The van der Waals surface area contributed by atoms with Crippen LogP contribution in [-0.4, -0.2) is 50.5 Å². The number of morpholine rings is 1. The van der Waals surface area contributed by atoms with E-state index in [1.54, 1.807) is 17.9 Å². The minimum absolute atomic E-state index is 0.251. The van der Waals surface area contributed by atoms with Crippen molar-refractivity contribution in [1.82, 2.24) is 15.5 Å². The zero-order valence-corrected chi connectivity index (χ0v) is 17.3. The van der Waals surface area contributed by atoms with Gasteiger partial charge in [0.2, 0.25) is 0 Å². The highest BCUT2D eigenvalue weighted by Crippen LogP contribution is 2.40. The summed E-state index contributed by atoms with van der Waals surface area (Å²) in [6.45, 7) is 5.62. The molecular weight excluding hydrogens is 398 g/mol. The Kier molecular flexibility index (Phi) is 6.66. The van der Waals surface area contributed by atoms with Crippen molar-refractivity contribution in [2.75, 3.05) is 33.4 Å². The van der Waals surface area contributed by atoms with Gasteiger partial charge in [0.25, 0.3) is 0 Å². The zero-order valence-electron chi connectivity index (χ0n) is 16.6. The van der Waals surface area contributed by atoms with Crippen LogP contribution in [-0.2, 0) is 14.2 Å². The van der Waals surface area contributed by atoms with E-state index < -0.39 is 12.1 Å². The summed E-state index contributed by atoms with van der Waals surface area (Å²) in [5.74, 6) is -0.276. The fourth-order valence-electron chi connectivity index (χ4n) is 3.37. The fourth-order valence-corrected chi connectivity index (χ4v) is 3.62. The lowest BCUT2D eigenvalue weighted by atomic mass is 9.89. The highest BCUT2D eigenvalue weighted by molar-refractivity contribution is 6.31. The van der Waals surface area contributed by atoms with Crippen LogP contribution >= 0.6 is 11.6 Å². The van der Waals surface area contributed by atoms with Crippen LogP contribution in [0.4, 0.5) is 9.59 Å². The van der Waals surface area contributed by atoms with Crippen LogP contribution in [0.25, 0.3) is 0 Å². The normalized spacial score (nSPS) is 19.6. The van der Waals surface area contributed by atoms with Gasteiger partial charge in [-0.25, -0.2) is 9.59 Å². The van der Waals surface area contributed by atoms with E-state index >= 15 is 0 Å². The number of rotatable bonds is 3. The summed E-state index contributed by atoms with van der Waals surface area (Å²) in [6.07, 6.45) is -0.850. The predicted molar refractivity (Wildman–Crippen MR) is 107 cm³/mol. The number of hydrogen-bond acceptors (Lipinski definition) is 6. The molecule has 1 fully saturated rings. The van der Waals surface area contributed by atoms with Gasteiger partial charge < -0.3 is 29.7 Å². The molecule has 3 rings (SSSR count). The number of halogens is 1. The maximum Gasteiger partial charge on any atom is 0.513 e. The zero-order chi connectivity index (χ0) is 21.0. The van der Waals surface area contributed by atoms with Crippen molar-refractivity contribution in [2.45, 2.75) is 19.8 Å². The number of carbonyl (C=O) groups is 2. The molecule has 0 aromatic heterocycles. The van der Waals surface area contributed by atoms with Gasteiger partial charge in [0.05, 0.1) is 37.6 Å². The third kappa shape index (κ3) is 4.65. The van der Waals surface area contributed by atoms with Crippen molar-refractivity contribution in [3.63, 3.8) is 0 Å². The SMILES string of the molecule is COC(=O)OC1=C(C)NC(C)=C(NC(=O)N2CCOCC2)C1c1ccccc1Cl. The van der Waals surface area contributed by atoms with E-state index in [1.807, 2.05) is 25.1 Å². The van der Waals surface area contributed by atoms with E-state index in [2.05, 4.69) is 15.4 Å². The molecular formula is C20H24ClN3O5. The van der Waals surface area contributed by atoms with Crippen molar-refractivity contribution in [3.8, 4) is 0 Å². The van der Waals surface area contributed by atoms with Crippen LogP contribution in [0, 0.1) is 0 Å². The molecule has 1 saturated heterocycles. The van der Waals surface area contributed by atoms with E-state index in [-0.39, 0.29) is 6.03 Å². The molecule has 8 nitrogen and oxygen atoms in total. The summed E-state index contributed by atoms with van der Waals surface area (Å²) in [6, 6.07) is 6.98. The Morgan fingerprint density at radius 3 is 2.55 bits per heavy atom. The Bertz CT molecular complexity index is 861. The number of allylic oxidation sites excluding steroid dienone is 2. The van der Waals surface area contributed by atoms with E-state index in [0.717, 1.165) is 5.70 Å². The molecule has 1 aromatic carbocycles. The molecule has 1 aromatic rings. The standard InChI is InChI=1S/C20H24ClN3O5/c1-12-17(23-19(25)24-8-10-28-11-9-24)16(14-6-4-5-7-15(14)21)18(13(2)22-12)29-20(26)27-3/h4-7,16,22H,8-11H2,1-3H3,(H,23,25). The molecule has 0 bridgehead atoms. The Labute approximate surface area is 174 Å². The van der Waals surface area contributed by atoms with Gasteiger partial charge in [0.15, 0.2) is 0 Å². The molecule has 2 heterocycles. The third-order valence-corrected chi connectivity index (χ3v) is 5.16. The number of nitrogens with zero attached hydrogens (tertiary/aromatic N) is 1. The number of hydrogen-bond donors (Lipinski definition) is 2. The first-order valence-electron chi connectivity index (χ1n) is 9.24. The molecule has 156 valence electrons.